The van der Waals surface area contributed by atoms with Crippen molar-refractivity contribution in [1.82, 2.24) is 25.3 Å². The Morgan fingerprint density at radius 1 is 1.15 bits per heavy atom. The first-order chi connectivity index (χ1) is 16.1. The molecule has 0 saturated carbocycles. The number of H-pyrrole nitrogens is 1. The van der Waals surface area contributed by atoms with Crippen LogP contribution in [0.25, 0.3) is 22.5 Å². The Bertz CT molecular complexity index is 1350. The third-order valence-corrected chi connectivity index (χ3v) is 8.32. The zero-order valence-electron chi connectivity index (χ0n) is 17.7. The Hall–Kier alpha value is -2.44. The second-order valence-corrected chi connectivity index (χ2v) is 11.3. The number of aromatic nitrogens is 4. The highest BCUT2D eigenvalue weighted by Crippen LogP contribution is 2.39. The fourth-order valence-electron chi connectivity index (χ4n) is 3.07. The molecule has 13 nitrogen and oxygen atoms in total. The molecule has 0 spiro atoms. The molecule has 0 bridgehead atoms. The van der Waals surface area contributed by atoms with Crippen LogP contribution in [0.1, 0.15) is 0 Å². The number of nitrogens with zero attached hydrogens (tertiary/aromatic N) is 3. The number of nitrogens with one attached hydrogen (secondary N) is 2. The van der Waals surface area contributed by atoms with Gasteiger partial charge in [0.15, 0.2) is 0 Å². The van der Waals surface area contributed by atoms with Gasteiger partial charge in [0.2, 0.25) is 25.9 Å². The van der Waals surface area contributed by atoms with Crippen molar-refractivity contribution in [3.63, 3.8) is 0 Å². The number of rotatable bonds is 11. The maximum atomic E-state index is 12.9. The van der Waals surface area contributed by atoms with E-state index in [1.165, 1.54) is 17.8 Å². The first kappa shape index (κ1) is 26.2. The fourth-order valence-corrected chi connectivity index (χ4v) is 6.63. The zero-order valence-corrected chi connectivity index (χ0v) is 20.2. The number of hydrogen-bond donors (Lipinski definition) is 6. The summed E-state index contributed by atoms with van der Waals surface area (Å²) >= 11 is 1.35. The Kier molecular flexibility index (Phi) is 8.37. The van der Waals surface area contributed by atoms with E-state index in [0.717, 1.165) is 11.0 Å². The third kappa shape index (κ3) is 5.97. The highest BCUT2D eigenvalue weighted by molar-refractivity contribution is 7.99. The minimum Gasteiger partial charge on any atom is -0.391 e. The van der Waals surface area contributed by atoms with Gasteiger partial charge in [-0.3, -0.25) is 0 Å². The summed E-state index contributed by atoms with van der Waals surface area (Å²) in [5, 5.41) is 28.7. The molecule has 184 valence electrons. The number of benzene rings is 2. The Morgan fingerprint density at radius 3 is 2.53 bits per heavy atom. The van der Waals surface area contributed by atoms with Crippen molar-refractivity contribution in [2.45, 2.75) is 20.8 Å². The Morgan fingerprint density at radius 2 is 1.91 bits per heavy atom. The standard InChI is InChI=1S/C18H24N8O5S3/c19-6-7-22-34(30,31)15-5-4-14(11-2-1-3-13(8-11)32-10-12(27)9-20)16(17(15)33(21,28)29)18-23-25-26-24-18/h1-5,8,12,22,27H,6-7,9-10,19-20H2,(H2,21,28,29)(H,23,24,25,26)/t12-/m1/s1. The molecule has 3 aromatic rings. The van der Waals surface area contributed by atoms with Crippen LogP contribution in [0, 0.1) is 0 Å². The van der Waals surface area contributed by atoms with Crippen LogP contribution in [-0.4, -0.2) is 74.1 Å². The summed E-state index contributed by atoms with van der Waals surface area (Å²) in [5.74, 6) is 0.191. The first-order valence-electron chi connectivity index (χ1n) is 9.83. The third-order valence-electron chi connectivity index (χ3n) is 4.56. The van der Waals surface area contributed by atoms with Gasteiger partial charge >= 0.3 is 0 Å². The molecule has 0 fully saturated rings. The van der Waals surface area contributed by atoms with Gasteiger partial charge in [0.05, 0.1) is 11.7 Å². The molecule has 0 radical (unpaired) electrons. The molecule has 1 heterocycles. The maximum absolute atomic E-state index is 12.9. The van der Waals surface area contributed by atoms with Gasteiger partial charge in [0.1, 0.15) is 9.79 Å². The summed E-state index contributed by atoms with van der Waals surface area (Å²) in [4.78, 5) is -0.473. The molecular weight excluding hydrogens is 504 g/mol. The largest absolute Gasteiger partial charge is 0.391 e. The number of tetrazole rings is 1. The summed E-state index contributed by atoms with van der Waals surface area (Å²) in [5.41, 5.74) is 11.6. The van der Waals surface area contributed by atoms with E-state index in [1.54, 1.807) is 18.2 Å². The van der Waals surface area contributed by atoms with Gasteiger partial charge < -0.3 is 16.6 Å². The van der Waals surface area contributed by atoms with Crippen molar-refractivity contribution in [3.05, 3.63) is 36.4 Å². The summed E-state index contributed by atoms with van der Waals surface area (Å²) < 4.78 is 53.3. The second-order valence-electron chi connectivity index (χ2n) is 7.01. The van der Waals surface area contributed by atoms with Crippen LogP contribution >= 0.6 is 11.8 Å². The van der Waals surface area contributed by atoms with Gasteiger partial charge in [-0.15, -0.1) is 22.0 Å². The van der Waals surface area contributed by atoms with Gasteiger partial charge in [-0.25, -0.2) is 26.7 Å². The Labute approximate surface area is 200 Å². The lowest BCUT2D eigenvalue weighted by Gasteiger charge is -2.17. The van der Waals surface area contributed by atoms with Gasteiger partial charge in [-0.1, -0.05) is 18.2 Å². The number of thioether (sulfide) groups is 1. The van der Waals surface area contributed by atoms with E-state index >= 15 is 0 Å². The lowest BCUT2D eigenvalue weighted by molar-refractivity contribution is 0.208. The second kappa shape index (κ2) is 10.9. The summed E-state index contributed by atoms with van der Waals surface area (Å²) in [6.07, 6.45) is -0.692. The molecule has 1 atom stereocenters. The van der Waals surface area contributed by atoms with E-state index in [-0.39, 0.29) is 31.0 Å². The average molecular weight is 529 g/mol. The van der Waals surface area contributed by atoms with Crippen molar-refractivity contribution in [3.8, 4) is 22.5 Å². The first-order valence-corrected chi connectivity index (χ1v) is 13.8. The topological polar surface area (TPSA) is 233 Å². The number of nitrogens with two attached hydrogens (primary N) is 3. The smallest absolute Gasteiger partial charge is 0.241 e. The van der Waals surface area contributed by atoms with Gasteiger partial charge in [-0.05, 0) is 34.5 Å². The minimum atomic E-state index is -4.59. The summed E-state index contributed by atoms with van der Waals surface area (Å²) in [7, 11) is -8.89. The average Bonchev–Trinajstić information content (AvgIpc) is 3.34. The fraction of sp³-hybridized carbons (Fsp3) is 0.278. The van der Waals surface area contributed by atoms with Gasteiger partial charge in [0.25, 0.3) is 0 Å². The lowest BCUT2D eigenvalue weighted by Crippen LogP contribution is -2.31. The zero-order chi connectivity index (χ0) is 24.9. The van der Waals surface area contributed by atoms with Crippen molar-refractivity contribution in [2.24, 2.45) is 16.6 Å². The molecule has 0 amide bonds. The number of primary sulfonamides is 1. The monoisotopic (exact) mass is 528 g/mol. The quantitative estimate of drug-likeness (QED) is 0.162. The molecule has 16 heteroatoms. The van der Waals surface area contributed by atoms with Crippen LogP contribution < -0.4 is 21.3 Å². The molecule has 1 aromatic heterocycles. The van der Waals surface area contributed by atoms with E-state index in [0.29, 0.717) is 16.9 Å². The van der Waals surface area contributed by atoms with E-state index < -0.39 is 35.9 Å². The van der Waals surface area contributed by atoms with E-state index in [2.05, 4.69) is 25.3 Å². The molecule has 0 unspecified atom stereocenters. The minimum absolute atomic E-state index is 0.00301. The highest BCUT2D eigenvalue weighted by atomic mass is 32.2. The number of aromatic amines is 1. The SMILES string of the molecule is NCCNS(=O)(=O)c1ccc(-c2cccc(SC[C@H](O)CN)c2)c(-c2nn[nH]n2)c1S(N)(=O)=O. The van der Waals surface area contributed by atoms with Crippen LogP contribution in [0.15, 0.2) is 51.1 Å². The van der Waals surface area contributed by atoms with Crippen molar-refractivity contribution in [2.75, 3.05) is 25.4 Å². The molecule has 9 N–H and O–H groups in total. The predicted octanol–water partition coefficient (Wildman–Crippen LogP) is -1.17. The number of aliphatic hydroxyl groups is 1. The normalized spacial score (nSPS) is 13.2. The number of aliphatic hydroxyl groups excluding tert-OH is 1. The molecule has 0 aliphatic heterocycles. The van der Waals surface area contributed by atoms with Crippen molar-refractivity contribution in [1.29, 1.82) is 0 Å². The Balaban J connectivity index is 2.26. The predicted molar refractivity (Wildman–Crippen MR) is 126 cm³/mol. The van der Waals surface area contributed by atoms with Crippen molar-refractivity contribution < 1.29 is 21.9 Å². The molecule has 0 saturated heterocycles. The van der Waals surface area contributed by atoms with Crippen LogP contribution in [0.3, 0.4) is 0 Å². The van der Waals surface area contributed by atoms with E-state index in [1.807, 2.05) is 6.07 Å². The lowest BCUT2D eigenvalue weighted by atomic mass is 9.99. The van der Waals surface area contributed by atoms with Gasteiger partial charge in [-0.2, -0.15) is 5.21 Å². The van der Waals surface area contributed by atoms with Crippen LogP contribution in [0.4, 0.5) is 0 Å². The maximum Gasteiger partial charge on any atom is 0.241 e. The molecule has 2 aromatic carbocycles. The molecule has 0 aliphatic rings. The van der Waals surface area contributed by atoms with Crippen molar-refractivity contribution >= 4 is 31.8 Å². The van der Waals surface area contributed by atoms with Crippen LogP contribution in [-0.2, 0) is 20.0 Å². The highest BCUT2D eigenvalue weighted by Gasteiger charge is 2.32. The van der Waals surface area contributed by atoms with E-state index in [4.69, 9.17) is 16.6 Å². The van der Waals surface area contributed by atoms with Gasteiger partial charge in [0, 0.05) is 30.3 Å². The number of hydrogen-bond acceptors (Lipinski definition) is 11. The van der Waals surface area contributed by atoms with E-state index in [9.17, 15) is 21.9 Å². The van der Waals surface area contributed by atoms with Crippen LogP contribution in [0.5, 0.6) is 0 Å². The summed E-state index contributed by atoms with van der Waals surface area (Å²) in [6.45, 7) is 0.00313. The van der Waals surface area contributed by atoms with Crippen LogP contribution in [0.2, 0.25) is 0 Å². The molecule has 0 aliphatic carbocycles. The molecule has 34 heavy (non-hydrogen) atoms. The number of sulfonamides is 2. The molecular formula is C18H24N8O5S3. The molecule has 3 rings (SSSR count). The summed E-state index contributed by atoms with van der Waals surface area (Å²) in [6, 6.07) is 9.58.